The van der Waals surface area contributed by atoms with Crippen LogP contribution in [0.5, 0.6) is 11.8 Å². The number of benzene rings is 4. The van der Waals surface area contributed by atoms with E-state index in [0.717, 1.165) is 94.4 Å². The zero-order valence-electron chi connectivity index (χ0n) is 40.9. The summed E-state index contributed by atoms with van der Waals surface area (Å²) in [5.74, 6) is -2.19. The largest absolute Gasteiger partial charge is 0.508 e. The number of phenolic OH excluding ortho intramolecular Hbond substituents is 1. The average Bonchev–Trinajstić information content (AvgIpc) is 4.03. The minimum atomic E-state index is -1.04. The second kappa shape index (κ2) is 18.6. The first-order chi connectivity index (χ1) is 34.2. The highest BCUT2D eigenvalue weighted by atomic mass is 19.1. The van der Waals surface area contributed by atoms with Crippen LogP contribution in [-0.4, -0.2) is 116 Å². The van der Waals surface area contributed by atoms with E-state index in [4.69, 9.17) is 14.8 Å². The third kappa shape index (κ3) is 9.20. The lowest BCUT2D eigenvalue weighted by molar-refractivity contribution is -0.134. The smallest absolute Gasteiger partial charge is 0.319 e. The SMILES string of the molecule is CCc1c(F)ccc2cc(O)cc(-c3c(F)cc4c(N5CCC[C@@](C)(O)C5)nc(OCC5(CN6CCC(CN7CCC(c8cccc9c([C@@H]%10CCC(=O)NC%10=O)nn(C)c89)CC7)CC6)CC5)nc4c3F)c12. The number of aromatic nitrogens is 4. The number of para-hydroxylation sites is 1. The number of aryl methyl sites for hydroxylation is 2. The van der Waals surface area contributed by atoms with Crippen molar-refractivity contribution >= 4 is 50.2 Å². The van der Waals surface area contributed by atoms with Crippen LogP contribution in [0, 0.1) is 28.8 Å². The van der Waals surface area contributed by atoms with Crippen molar-refractivity contribution in [2.24, 2.45) is 18.4 Å². The summed E-state index contributed by atoms with van der Waals surface area (Å²) in [4.78, 5) is 41.0. The maximum absolute atomic E-state index is 17.2. The summed E-state index contributed by atoms with van der Waals surface area (Å²) in [5.41, 5.74) is 1.73. The summed E-state index contributed by atoms with van der Waals surface area (Å²) in [7, 11) is 1.95. The second-order valence-corrected chi connectivity index (χ2v) is 21.6. The highest BCUT2D eigenvalue weighted by Gasteiger charge is 2.46. The van der Waals surface area contributed by atoms with Gasteiger partial charge in [0.1, 0.15) is 28.7 Å². The van der Waals surface area contributed by atoms with Gasteiger partial charge in [-0.3, -0.25) is 19.6 Å². The van der Waals surface area contributed by atoms with E-state index in [1.165, 1.54) is 35.9 Å². The van der Waals surface area contributed by atoms with Gasteiger partial charge in [-0.2, -0.15) is 15.1 Å². The standard InChI is InChI=1S/C55H63F3N8O5/c1-4-36-42(56)11-9-34-25-35(67)26-40(45(34)36)46-43(57)27-41-49(47(46)58)60-53(61-51(41)66-20-6-17-54(2,70)29-66)71-31-55(18-19-55)30-65-21-13-32(14-22-65)28-64-23-15-33(16-24-64)37-7-5-8-38-48(62-63(3)50(37)38)39-10-12-44(68)59-52(39)69/h5,7-9,11,25-27,32-33,39,67,70H,4,6,10,12-24,28-31H2,1-3H3,(H,59,68,69)/t39-,54+/m0/s1. The summed E-state index contributed by atoms with van der Waals surface area (Å²) < 4.78 is 57.3. The van der Waals surface area contributed by atoms with Gasteiger partial charge in [-0.1, -0.05) is 31.2 Å². The van der Waals surface area contributed by atoms with E-state index >= 15 is 13.2 Å². The van der Waals surface area contributed by atoms with Crippen LogP contribution in [0.1, 0.15) is 107 Å². The van der Waals surface area contributed by atoms with Crippen molar-refractivity contribution in [3.8, 4) is 22.9 Å². The van der Waals surface area contributed by atoms with Crippen LogP contribution < -0.4 is 15.0 Å². The first-order valence-electron chi connectivity index (χ1n) is 25.6. The number of aliphatic hydroxyl groups is 1. The van der Waals surface area contributed by atoms with Gasteiger partial charge < -0.3 is 29.6 Å². The zero-order valence-corrected chi connectivity index (χ0v) is 40.9. The first-order valence-corrected chi connectivity index (χ1v) is 25.6. The number of ether oxygens (including phenoxy) is 1. The molecule has 0 radical (unpaired) electrons. The number of hydrogen-bond acceptors (Lipinski definition) is 11. The Kier molecular flexibility index (Phi) is 12.5. The van der Waals surface area contributed by atoms with Crippen molar-refractivity contribution in [1.29, 1.82) is 0 Å². The summed E-state index contributed by atoms with van der Waals surface area (Å²) in [6.45, 7) is 10.6. The number of halogens is 3. The Labute approximate surface area is 411 Å². The van der Waals surface area contributed by atoms with E-state index in [0.29, 0.717) is 61.4 Å². The van der Waals surface area contributed by atoms with Gasteiger partial charge in [0, 0.05) is 55.8 Å². The molecule has 3 N–H and O–H groups in total. The van der Waals surface area contributed by atoms with Crippen molar-refractivity contribution in [3.05, 3.63) is 82.8 Å². The molecular formula is C55H63F3N8O5. The van der Waals surface area contributed by atoms with Crippen LogP contribution in [-0.2, 0) is 23.1 Å². The molecule has 13 nitrogen and oxygen atoms in total. The molecule has 6 heterocycles. The summed E-state index contributed by atoms with van der Waals surface area (Å²) in [6, 6.07) is 13.1. The van der Waals surface area contributed by atoms with Crippen molar-refractivity contribution in [3.63, 3.8) is 0 Å². The molecule has 11 rings (SSSR count). The highest BCUT2D eigenvalue weighted by molar-refractivity contribution is 6.04. The topological polar surface area (TPSA) is 149 Å². The molecule has 5 aliphatic rings. The fourth-order valence-corrected chi connectivity index (χ4v) is 12.4. The number of phenols is 1. The van der Waals surface area contributed by atoms with Gasteiger partial charge in [-0.25, -0.2) is 13.2 Å². The number of hydrogen-bond donors (Lipinski definition) is 3. The monoisotopic (exact) mass is 972 g/mol. The molecule has 1 aliphatic carbocycles. The third-order valence-electron chi connectivity index (χ3n) is 16.4. The normalized spacial score (nSPS) is 22.7. The molecular weight excluding hydrogens is 910 g/mol. The first kappa shape index (κ1) is 47.5. The Balaban J connectivity index is 0.753. The van der Waals surface area contributed by atoms with E-state index in [-0.39, 0.29) is 69.8 Å². The molecule has 4 aromatic carbocycles. The second-order valence-electron chi connectivity index (χ2n) is 21.6. The number of amides is 2. The van der Waals surface area contributed by atoms with Crippen molar-refractivity contribution in [2.75, 3.05) is 63.9 Å². The van der Waals surface area contributed by atoms with Crippen LogP contribution in [0.15, 0.2) is 48.5 Å². The maximum atomic E-state index is 17.2. The van der Waals surface area contributed by atoms with Gasteiger partial charge >= 0.3 is 6.01 Å². The molecule has 0 spiro atoms. The van der Waals surface area contributed by atoms with Crippen LogP contribution in [0.3, 0.4) is 0 Å². The van der Waals surface area contributed by atoms with Crippen molar-refractivity contribution in [2.45, 2.75) is 102 Å². The number of anilines is 1. The minimum Gasteiger partial charge on any atom is -0.508 e. The number of fused-ring (bicyclic) bond motifs is 3. The fourth-order valence-electron chi connectivity index (χ4n) is 12.4. The summed E-state index contributed by atoms with van der Waals surface area (Å²) in [5, 5.41) is 31.1. The average molecular weight is 973 g/mol. The Morgan fingerprint density at radius 2 is 1.66 bits per heavy atom. The summed E-state index contributed by atoms with van der Waals surface area (Å²) >= 11 is 0. The van der Waals surface area contributed by atoms with E-state index in [9.17, 15) is 19.8 Å². The van der Waals surface area contributed by atoms with Crippen LogP contribution >= 0.6 is 0 Å². The Hall–Kier alpha value is -5.84. The molecule has 4 aliphatic heterocycles. The molecule has 0 unspecified atom stereocenters. The lowest BCUT2D eigenvalue weighted by Gasteiger charge is -2.38. The lowest BCUT2D eigenvalue weighted by Crippen LogP contribution is -2.46. The number of nitrogens with one attached hydrogen (secondary N) is 1. The molecule has 16 heteroatoms. The Bertz CT molecular complexity index is 3070. The van der Waals surface area contributed by atoms with Crippen molar-refractivity contribution < 1.29 is 37.7 Å². The molecule has 1 saturated carbocycles. The van der Waals surface area contributed by atoms with E-state index < -0.39 is 34.5 Å². The number of rotatable bonds is 12. The van der Waals surface area contributed by atoms with Gasteiger partial charge in [0.05, 0.1) is 34.9 Å². The highest BCUT2D eigenvalue weighted by Crippen LogP contribution is 2.48. The molecule has 2 amide bonds. The minimum absolute atomic E-state index is 0.0292. The Morgan fingerprint density at radius 1 is 0.887 bits per heavy atom. The van der Waals surface area contributed by atoms with Gasteiger partial charge in [-0.05, 0) is 161 Å². The fraction of sp³-hybridized carbons (Fsp3) is 0.509. The van der Waals surface area contributed by atoms with E-state index in [1.54, 1.807) is 13.8 Å². The number of likely N-dealkylation sites (tertiary alicyclic amines) is 2. The van der Waals surface area contributed by atoms with Crippen LogP contribution in [0.2, 0.25) is 0 Å². The number of nitrogens with zero attached hydrogens (tertiary/aromatic N) is 7. The van der Waals surface area contributed by atoms with Gasteiger partial charge in [0.2, 0.25) is 11.8 Å². The number of carbonyl (C=O) groups is 2. The van der Waals surface area contributed by atoms with E-state index in [1.807, 2.05) is 16.6 Å². The van der Waals surface area contributed by atoms with Crippen LogP contribution in [0.25, 0.3) is 43.7 Å². The molecule has 6 aromatic rings. The molecule has 71 heavy (non-hydrogen) atoms. The number of carbonyl (C=O) groups excluding carboxylic acids is 2. The predicted molar refractivity (Wildman–Crippen MR) is 266 cm³/mol. The number of piperidine rings is 4. The lowest BCUT2D eigenvalue weighted by atomic mass is 9.86. The molecule has 0 bridgehead atoms. The molecule has 4 saturated heterocycles. The molecule has 2 aromatic heterocycles. The summed E-state index contributed by atoms with van der Waals surface area (Å²) in [6.07, 6.45) is 8.60. The molecule has 374 valence electrons. The van der Waals surface area contributed by atoms with Crippen molar-refractivity contribution in [1.82, 2.24) is 34.9 Å². The van der Waals surface area contributed by atoms with Gasteiger partial charge in [-0.15, -0.1) is 0 Å². The Morgan fingerprint density at radius 3 is 2.39 bits per heavy atom. The number of imide groups is 1. The quantitative estimate of drug-likeness (QED) is 0.101. The third-order valence-corrected chi connectivity index (χ3v) is 16.4. The van der Waals surface area contributed by atoms with Gasteiger partial charge in [0.25, 0.3) is 0 Å². The number of β-amino-alcohol motifs (C(OH)–C–C–N with tert-alkyl or cyclic N) is 1. The molecule has 2 atom stereocenters. The van der Waals surface area contributed by atoms with E-state index in [2.05, 4.69) is 38.3 Å². The number of aromatic hydroxyl groups is 1. The van der Waals surface area contributed by atoms with Crippen LogP contribution in [0.4, 0.5) is 19.0 Å². The van der Waals surface area contributed by atoms with Gasteiger partial charge in [0.15, 0.2) is 5.82 Å². The molecule has 5 fully saturated rings. The predicted octanol–water partition coefficient (Wildman–Crippen LogP) is 8.64. The maximum Gasteiger partial charge on any atom is 0.319 e. The zero-order chi connectivity index (χ0) is 49.3.